The Balaban J connectivity index is 3.31. The van der Waals surface area contributed by atoms with Gasteiger partial charge in [0.2, 0.25) is 0 Å². The predicted octanol–water partition coefficient (Wildman–Crippen LogP) is 0.442. The standard InChI is InChI=1S/C8H18N2O2/c1-4-7(3)9-6-8(11)10-12-5-2/h7,9H,4-6H2,1-3H3,(H,10,11). The van der Waals surface area contributed by atoms with Gasteiger partial charge in [0.25, 0.3) is 5.91 Å². The summed E-state index contributed by atoms with van der Waals surface area (Å²) in [5.74, 6) is -0.128. The van der Waals surface area contributed by atoms with Gasteiger partial charge in [0.05, 0.1) is 13.2 Å². The van der Waals surface area contributed by atoms with Crippen LogP contribution in [0.5, 0.6) is 0 Å². The number of carbonyl (C=O) groups is 1. The summed E-state index contributed by atoms with van der Waals surface area (Å²) in [7, 11) is 0. The molecular formula is C8H18N2O2. The zero-order valence-electron chi connectivity index (χ0n) is 8.02. The van der Waals surface area contributed by atoms with E-state index in [-0.39, 0.29) is 5.91 Å². The summed E-state index contributed by atoms with van der Waals surface area (Å²) in [6.07, 6.45) is 1.02. The minimum absolute atomic E-state index is 0.128. The van der Waals surface area contributed by atoms with Gasteiger partial charge in [-0.25, -0.2) is 5.48 Å². The third-order valence-electron chi connectivity index (χ3n) is 1.55. The molecule has 0 aromatic heterocycles. The smallest absolute Gasteiger partial charge is 0.257 e. The number of carbonyl (C=O) groups excluding carboxylic acids is 1. The van der Waals surface area contributed by atoms with Gasteiger partial charge >= 0.3 is 0 Å². The number of nitrogens with one attached hydrogen (secondary N) is 2. The van der Waals surface area contributed by atoms with Gasteiger partial charge in [-0.1, -0.05) is 6.92 Å². The van der Waals surface area contributed by atoms with Crippen LogP contribution in [0.3, 0.4) is 0 Å². The fourth-order valence-electron chi connectivity index (χ4n) is 0.600. The quantitative estimate of drug-likeness (QED) is 0.574. The number of amides is 1. The summed E-state index contributed by atoms with van der Waals surface area (Å²) in [5, 5.41) is 3.05. The highest BCUT2D eigenvalue weighted by Crippen LogP contribution is 1.85. The Hall–Kier alpha value is -0.610. The molecule has 0 rings (SSSR count). The summed E-state index contributed by atoms with van der Waals surface area (Å²) in [6, 6.07) is 0.373. The molecule has 0 aromatic rings. The van der Waals surface area contributed by atoms with E-state index in [9.17, 15) is 4.79 Å². The molecule has 0 spiro atoms. The first-order valence-corrected chi connectivity index (χ1v) is 4.34. The first-order chi connectivity index (χ1) is 5.70. The van der Waals surface area contributed by atoms with Gasteiger partial charge in [0.1, 0.15) is 0 Å². The average Bonchev–Trinajstić information content (AvgIpc) is 2.10. The van der Waals surface area contributed by atoms with E-state index in [1.807, 2.05) is 13.8 Å². The Labute approximate surface area is 73.6 Å². The van der Waals surface area contributed by atoms with E-state index in [0.717, 1.165) is 6.42 Å². The SMILES string of the molecule is CCONC(=O)CNC(C)CC. The van der Waals surface area contributed by atoms with Crippen LogP contribution in [-0.4, -0.2) is 25.1 Å². The van der Waals surface area contributed by atoms with Crippen molar-refractivity contribution >= 4 is 5.91 Å². The van der Waals surface area contributed by atoms with E-state index in [2.05, 4.69) is 17.7 Å². The summed E-state index contributed by atoms with van der Waals surface area (Å²) in [4.78, 5) is 15.6. The van der Waals surface area contributed by atoms with Crippen molar-refractivity contribution in [3.8, 4) is 0 Å². The fourth-order valence-corrected chi connectivity index (χ4v) is 0.600. The molecule has 0 saturated heterocycles. The zero-order chi connectivity index (χ0) is 9.40. The molecule has 0 aliphatic heterocycles. The summed E-state index contributed by atoms with van der Waals surface area (Å²) in [6.45, 7) is 6.73. The molecule has 1 atom stereocenters. The van der Waals surface area contributed by atoms with Gasteiger partial charge in [0.15, 0.2) is 0 Å². The highest BCUT2D eigenvalue weighted by atomic mass is 16.6. The van der Waals surface area contributed by atoms with Gasteiger partial charge in [0, 0.05) is 6.04 Å². The third kappa shape index (κ3) is 6.12. The monoisotopic (exact) mass is 174 g/mol. The van der Waals surface area contributed by atoms with Crippen molar-refractivity contribution < 1.29 is 9.63 Å². The maximum absolute atomic E-state index is 10.9. The topological polar surface area (TPSA) is 50.4 Å². The van der Waals surface area contributed by atoms with Gasteiger partial charge in [-0.15, -0.1) is 0 Å². The lowest BCUT2D eigenvalue weighted by Crippen LogP contribution is -2.37. The van der Waals surface area contributed by atoms with Crippen molar-refractivity contribution in [1.29, 1.82) is 0 Å². The lowest BCUT2D eigenvalue weighted by atomic mass is 10.2. The van der Waals surface area contributed by atoms with Gasteiger partial charge in [-0.3, -0.25) is 9.63 Å². The second-order valence-corrected chi connectivity index (χ2v) is 2.65. The minimum atomic E-state index is -0.128. The molecule has 0 saturated carbocycles. The van der Waals surface area contributed by atoms with Crippen LogP contribution < -0.4 is 10.8 Å². The molecule has 4 nitrogen and oxygen atoms in total. The highest BCUT2D eigenvalue weighted by molar-refractivity contribution is 5.76. The highest BCUT2D eigenvalue weighted by Gasteiger charge is 2.02. The molecule has 0 aliphatic carbocycles. The molecule has 0 fully saturated rings. The molecule has 0 aromatic carbocycles. The van der Waals surface area contributed by atoms with Crippen molar-refractivity contribution in [2.45, 2.75) is 33.2 Å². The van der Waals surface area contributed by atoms with E-state index in [1.54, 1.807) is 0 Å². The second kappa shape index (κ2) is 7.06. The van der Waals surface area contributed by atoms with Gasteiger partial charge < -0.3 is 5.32 Å². The number of hydrogen-bond acceptors (Lipinski definition) is 3. The Morgan fingerprint density at radius 2 is 2.17 bits per heavy atom. The van der Waals surface area contributed by atoms with Crippen LogP contribution in [0.25, 0.3) is 0 Å². The van der Waals surface area contributed by atoms with Gasteiger partial charge in [-0.2, -0.15) is 0 Å². The lowest BCUT2D eigenvalue weighted by molar-refractivity contribution is -0.132. The predicted molar refractivity (Wildman–Crippen MR) is 47.5 cm³/mol. The normalized spacial score (nSPS) is 12.6. The van der Waals surface area contributed by atoms with Crippen LogP contribution in [0, 0.1) is 0 Å². The Kier molecular flexibility index (Phi) is 6.70. The molecule has 2 N–H and O–H groups in total. The van der Waals surface area contributed by atoms with E-state index >= 15 is 0 Å². The van der Waals surface area contributed by atoms with Crippen LogP contribution in [0.2, 0.25) is 0 Å². The maximum atomic E-state index is 10.9. The van der Waals surface area contributed by atoms with Crippen molar-refractivity contribution in [2.75, 3.05) is 13.2 Å². The fraction of sp³-hybridized carbons (Fsp3) is 0.875. The second-order valence-electron chi connectivity index (χ2n) is 2.65. The summed E-state index contributed by atoms with van der Waals surface area (Å²) >= 11 is 0. The van der Waals surface area contributed by atoms with Crippen molar-refractivity contribution in [1.82, 2.24) is 10.8 Å². The summed E-state index contributed by atoms with van der Waals surface area (Å²) in [5.41, 5.74) is 2.31. The van der Waals surface area contributed by atoms with Crippen molar-refractivity contribution in [3.63, 3.8) is 0 Å². The molecule has 0 heterocycles. The van der Waals surface area contributed by atoms with Crippen molar-refractivity contribution in [2.24, 2.45) is 0 Å². The molecule has 4 heteroatoms. The Bertz CT molecular complexity index is 128. The van der Waals surface area contributed by atoms with Crippen LogP contribution in [0.4, 0.5) is 0 Å². The number of rotatable bonds is 6. The number of hydroxylamine groups is 1. The third-order valence-corrected chi connectivity index (χ3v) is 1.55. The molecule has 12 heavy (non-hydrogen) atoms. The van der Waals surface area contributed by atoms with E-state index in [4.69, 9.17) is 4.84 Å². The van der Waals surface area contributed by atoms with Gasteiger partial charge in [-0.05, 0) is 20.3 Å². The first-order valence-electron chi connectivity index (χ1n) is 4.34. The first kappa shape index (κ1) is 11.4. The van der Waals surface area contributed by atoms with E-state index < -0.39 is 0 Å². The van der Waals surface area contributed by atoms with Crippen LogP contribution in [0.15, 0.2) is 0 Å². The molecule has 1 unspecified atom stereocenters. The summed E-state index contributed by atoms with van der Waals surface area (Å²) < 4.78 is 0. The largest absolute Gasteiger partial charge is 0.306 e. The van der Waals surface area contributed by atoms with Crippen LogP contribution in [0.1, 0.15) is 27.2 Å². The van der Waals surface area contributed by atoms with E-state index in [0.29, 0.717) is 19.2 Å². The number of hydrogen-bond donors (Lipinski definition) is 2. The molecule has 1 amide bonds. The van der Waals surface area contributed by atoms with Crippen LogP contribution in [-0.2, 0) is 9.63 Å². The average molecular weight is 174 g/mol. The molecule has 0 aliphatic rings. The molecular weight excluding hydrogens is 156 g/mol. The minimum Gasteiger partial charge on any atom is -0.306 e. The molecule has 0 bridgehead atoms. The van der Waals surface area contributed by atoms with E-state index in [1.165, 1.54) is 0 Å². The van der Waals surface area contributed by atoms with Crippen LogP contribution >= 0.6 is 0 Å². The molecule has 72 valence electrons. The molecule has 0 radical (unpaired) electrons. The van der Waals surface area contributed by atoms with Crippen molar-refractivity contribution in [3.05, 3.63) is 0 Å². The Morgan fingerprint density at radius 1 is 1.50 bits per heavy atom. The zero-order valence-corrected chi connectivity index (χ0v) is 8.02. The Morgan fingerprint density at radius 3 is 2.67 bits per heavy atom. The lowest BCUT2D eigenvalue weighted by Gasteiger charge is -2.10. The maximum Gasteiger partial charge on any atom is 0.257 e.